The molecule has 0 heterocycles. The normalized spacial score (nSPS) is 10.9. The van der Waals surface area contributed by atoms with Gasteiger partial charge in [-0.1, -0.05) is 65.2 Å². The number of benzene rings is 1. The minimum absolute atomic E-state index is 0.0252. The molecule has 0 saturated carbocycles. The molecule has 0 radical (unpaired) electrons. The number of carbonyl (C=O) groups excluding carboxylic acids is 2. The highest BCUT2D eigenvalue weighted by molar-refractivity contribution is 5.95. The van der Waals surface area contributed by atoms with Gasteiger partial charge in [0.1, 0.15) is 0 Å². The zero-order chi connectivity index (χ0) is 20.5. The average molecular weight is 388 g/mol. The number of rotatable bonds is 15. The quantitative estimate of drug-likeness (QED) is 0.218. The highest BCUT2D eigenvalue weighted by atomic mass is 16.2. The molecule has 156 valence electrons. The van der Waals surface area contributed by atoms with Crippen molar-refractivity contribution in [3.63, 3.8) is 0 Å². The summed E-state index contributed by atoms with van der Waals surface area (Å²) in [5.41, 5.74) is 3.79. The first-order valence-electron chi connectivity index (χ1n) is 10.9. The topological polar surface area (TPSA) is 70.6 Å². The van der Waals surface area contributed by atoms with Crippen LogP contribution in [0.3, 0.4) is 0 Å². The monoisotopic (exact) mass is 387 g/mol. The third kappa shape index (κ3) is 11.5. The Bertz CT molecular complexity index is 582. The molecule has 0 fully saturated rings. The van der Waals surface area contributed by atoms with E-state index in [2.05, 4.69) is 29.7 Å². The first-order chi connectivity index (χ1) is 13.7. The van der Waals surface area contributed by atoms with E-state index in [1.54, 1.807) is 30.5 Å². The lowest BCUT2D eigenvalue weighted by Crippen LogP contribution is -2.17. The van der Waals surface area contributed by atoms with Crippen LogP contribution < -0.4 is 10.7 Å². The summed E-state index contributed by atoms with van der Waals surface area (Å²) in [6.45, 7) is 4.38. The van der Waals surface area contributed by atoms with E-state index >= 15 is 0 Å². The summed E-state index contributed by atoms with van der Waals surface area (Å²) in [7, 11) is 0. The second-order valence-electron chi connectivity index (χ2n) is 7.25. The maximum Gasteiger partial charge on any atom is 0.271 e. The van der Waals surface area contributed by atoms with Crippen molar-refractivity contribution >= 4 is 23.7 Å². The van der Waals surface area contributed by atoms with Crippen LogP contribution in [0.2, 0.25) is 0 Å². The molecular formula is C23H37N3O2. The van der Waals surface area contributed by atoms with Crippen molar-refractivity contribution < 1.29 is 9.59 Å². The molecule has 5 nitrogen and oxygen atoms in total. The number of hydrazone groups is 1. The van der Waals surface area contributed by atoms with Gasteiger partial charge in [-0.05, 0) is 43.5 Å². The van der Waals surface area contributed by atoms with Crippen LogP contribution in [0, 0.1) is 0 Å². The number of hydrogen-bond donors (Lipinski definition) is 2. The van der Waals surface area contributed by atoms with Crippen LogP contribution >= 0.6 is 0 Å². The molecule has 0 unspecified atom stereocenters. The van der Waals surface area contributed by atoms with E-state index in [4.69, 9.17) is 0 Å². The summed E-state index contributed by atoms with van der Waals surface area (Å²) in [5, 5.41) is 6.88. The Balaban J connectivity index is 2.25. The summed E-state index contributed by atoms with van der Waals surface area (Å²) < 4.78 is 0. The lowest BCUT2D eigenvalue weighted by Gasteiger charge is -2.06. The zero-order valence-electron chi connectivity index (χ0n) is 17.6. The summed E-state index contributed by atoms with van der Waals surface area (Å²) in [6, 6.07) is 6.90. The summed E-state index contributed by atoms with van der Waals surface area (Å²) in [5.74, 6) is -0.215. The number of unbranched alkanes of at least 4 members (excludes halogenated alkanes) is 9. The van der Waals surface area contributed by atoms with Crippen molar-refractivity contribution in [2.24, 2.45) is 5.10 Å². The first kappa shape index (κ1) is 23.9. The third-order valence-electron chi connectivity index (χ3n) is 4.63. The van der Waals surface area contributed by atoms with E-state index in [1.807, 2.05) is 0 Å². The van der Waals surface area contributed by atoms with Gasteiger partial charge in [0.2, 0.25) is 5.91 Å². The van der Waals surface area contributed by atoms with E-state index in [0.717, 1.165) is 25.7 Å². The van der Waals surface area contributed by atoms with Crippen molar-refractivity contribution in [2.45, 2.75) is 90.9 Å². The van der Waals surface area contributed by atoms with Crippen molar-refractivity contribution in [3.05, 3.63) is 29.8 Å². The number of amides is 2. The summed E-state index contributed by atoms with van der Waals surface area (Å²) in [6.07, 6.45) is 14.9. The zero-order valence-corrected chi connectivity index (χ0v) is 17.6. The molecule has 1 rings (SSSR count). The van der Waals surface area contributed by atoms with E-state index in [0.29, 0.717) is 17.7 Å². The van der Waals surface area contributed by atoms with Gasteiger partial charge in [-0.3, -0.25) is 9.59 Å². The fraction of sp³-hybridized carbons (Fsp3) is 0.609. The smallest absolute Gasteiger partial charge is 0.271 e. The van der Waals surface area contributed by atoms with Gasteiger partial charge < -0.3 is 5.32 Å². The summed E-state index contributed by atoms with van der Waals surface area (Å²) in [4.78, 5) is 24.0. The maximum atomic E-state index is 12.1. The van der Waals surface area contributed by atoms with Gasteiger partial charge in [0.05, 0.1) is 0 Å². The number of nitrogens with one attached hydrogen (secondary N) is 2. The van der Waals surface area contributed by atoms with Crippen molar-refractivity contribution in [3.8, 4) is 0 Å². The molecule has 5 heteroatoms. The largest absolute Gasteiger partial charge is 0.326 e. The second kappa shape index (κ2) is 15.8. The van der Waals surface area contributed by atoms with Gasteiger partial charge in [-0.2, -0.15) is 5.10 Å². The van der Waals surface area contributed by atoms with Crippen LogP contribution in [-0.2, 0) is 4.79 Å². The fourth-order valence-corrected chi connectivity index (χ4v) is 2.89. The van der Waals surface area contributed by atoms with Gasteiger partial charge in [0.15, 0.2) is 0 Å². The minimum atomic E-state index is -0.240. The second-order valence-corrected chi connectivity index (χ2v) is 7.25. The fourth-order valence-electron chi connectivity index (χ4n) is 2.89. The molecule has 2 N–H and O–H groups in total. The van der Waals surface area contributed by atoms with Gasteiger partial charge in [-0.15, -0.1) is 0 Å². The standard InChI is InChI=1S/C23H37N3O2/c1-3-5-7-9-11-13-19-24-26-23(28)20-15-17-21(18-16-20)25-22(27)14-12-10-8-6-4-2/h15-19H,3-14H2,1-2H3,(H,25,27)(H,26,28)/b24-19-. The molecular weight excluding hydrogens is 350 g/mol. The SMILES string of the molecule is CCCCCCC/C=N\NC(=O)c1ccc(NC(=O)CCCCCCC)cc1. The van der Waals surface area contributed by atoms with Crippen LogP contribution in [0.4, 0.5) is 5.69 Å². The number of carbonyl (C=O) groups is 2. The number of nitrogens with zero attached hydrogens (tertiary/aromatic N) is 1. The molecule has 0 aliphatic rings. The lowest BCUT2D eigenvalue weighted by molar-refractivity contribution is -0.116. The Labute approximate surface area is 170 Å². The Morgan fingerprint density at radius 2 is 1.46 bits per heavy atom. The summed E-state index contributed by atoms with van der Waals surface area (Å²) >= 11 is 0. The number of hydrogen-bond acceptors (Lipinski definition) is 3. The van der Waals surface area contributed by atoms with Crippen LogP contribution in [-0.4, -0.2) is 18.0 Å². The molecule has 0 saturated heterocycles. The predicted octanol–water partition coefficient (Wildman–Crippen LogP) is 6.06. The van der Waals surface area contributed by atoms with E-state index in [9.17, 15) is 9.59 Å². The van der Waals surface area contributed by atoms with E-state index in [1.165, 1.54) is 44.9 Å². The molecule has 0 aliphatic heterocycles. The van der Waals surface area contributed by atoms with Crippen LogP contribution in [0.25, 0.3) is 0 Å². The predicted molar refractivity (Wildman–Crippen MR) is 118 cm³/mol. The molecule has 0 aromatic heterocycles. The Morgan fingerprint density at radius 3 is 2.11 bits per heavy atom. The third-order valence-corrected chi connectivity index (χ3v) is 4.63. The highest BCUT2D eigenvalue weighted by Crippen LogP contribution is 2.11. The van der Waals surface area contributed by atoms with E-state index < -0.39 is 0 Å². The van der Waals surface area contributed by atoms with E-state index in [-0.39, 0.29) is 11.8 Å². The van der Waals surface area contributed by atoms with Crippen molar-refractivity contribution in [2.75, 3.05) is 5.32 Å². The number of anilines is 1. The lowest BCUT2D eigenvalue weighted by atomic mass is 10.1. The average Bonchev–Trinajstić information content (AvgIpc) is 2.70. The molecule has 0 atom stereocenters. The Hall–Kier alpha value is -2.17. The molecule has 2 amide bonds. The van der Waals surface area contributed by atoms with Gasteiger partial charge in [0, 0.05) is 23.9 Å². The van der Waals surface area contributed by atoms with Crippen LogP contribution in [0.5, 0.6) is 0 Å². The molecule has 0 spiro atoms. The van der Waals surface area contributed by atoms with Crippen LogP contribution in [0.1, 0.15) is 101 Å². The minimum Gasteiger partial charge on any atom is -0.326 e. The van der Waals surface area contributed by atoms with Crippen LogP contribution in [0.15, 0.2) is 29.4 Å². The Morgan fingerprint density at radius 1 is 0.857 bits per heavy atom. The first-order valence-corrected chi connectivity index (χ1v) is 10.9. The van der Waals surface area contributed by atoms with Crippen molar-refractivity contribution in [1.29, 1.82) is 0 Å². The van der Waals surface area contributed by atoms with Gasteiger partial charge in [-0.25, -0.2) is 5.43 Å². The molecule has 0 bridgehead atoms. The molecule has 28 heavy (non-hydrogen) atoms. The van der Waals surface area contributed by atoms with Gasteiger partial charge >= 0.3 is 0 Å². The highest BCUT2D eigenvalue weighted by Gasteiger charge is 2.06. The molecule has 1 aromatic rings. The maximum absolute atomic E-state index is 12.1. The van der Waals surface area contributed by atoms with Crippen molar-refractivity contribution in [1.82, 2.24) is 5.43 Å². The molecule has 0 aliphatic carbocycles. The van der Waals surface area contributed by atoms with Gasteiger partial charge in [0.25, 0.3) is 5.91 Å². The molecule has 1 aromatic carbocycles. The Kier molecular flexibility index (Phi) is 13.5.